The van der Waals surface area contributed by atoms with Crippen molar-refractivity contribution in [3.05, 3.63) is 58.9 Å². The first-order valence-corrected chi connectivity index (χ1v) is 12.3. The summed E-state index contributed by atoms with van der Waals surface area (Å²) in [6.45, 7) is 2.91. The normalized spacial score (nSPS) is 31.3. The van der Waals surface area contributed by atoms with Gasteiger partial charge in [-0.2, -0.15) is 0 Å². The fraction of sp³-hybridized carbons (Fsp3) is 0.593. The summed E-state index contributed by atoms with van der Waals surface area (Å²) in [5, 5.41) is 6.62. The molecule has 5 rings (SSSR count). The summed E-state index contributed by atoms with van der Waals surface area (Å²) in [5.74, 6) is -0.239. The molecule has 1 aromatic carbocycles. The number of nitrogens with zero attached hydrogens (tertiary/aromatic N) is 1. The van der Waals surface area contributed by atoms with Crippen LogP contribution in [0, 0.1) is 11.2 Å². The molecule has 2 amide bonds. The van der Waals surface area contributed by atoms with Gasteiger partial charge in [-0.3, -0.25) is 0 Å². The van der Waals surface area contributed by atoms with Crippen molar-refractivity contribution in [2.45, 2.75) is 82.3 Å². The molecule has 0 unspecified atom stereocenters. The van der Waals surface area contributed by atoms with Crippen LogP contribution in [0.15, 0.2) is 47.6 Å². The van der Waals surface area contributed by atoms with E-state index in [-0.39, 0.29) is 29.5 Å². The second kappa shape index (κ2) is 8.33. The number of carbonyl (C=O) groups excluding carboxylic acids is 1. The molecule has 1 aromatic rings. The van der Waals surface area contributed by atoms with Gasteiger partial charge in [-0.05, 0) is 87.6 Å². The van der Waals surface area contributed by atoms with Gasteiger partial charge in [-0.15, -0.1) is 0 Å². The number of amides is 2. The first-order chi connectivity index (χ1) is 15.4. The summed E-state index contributed by atoms with van der Waals surface area (Å²) < 4.78 is 13.7. The van der Waals surface area contributed by atoms with Gasteiger partial charge in [-0.25, -0.2) is 9.18 Å². The molecular formula is C27H36FN3O. The van der Waals surface area contributed by atoms with E-state index >= 15 is 0 Å². The highest BCUT2D eigenvalue weighted by Gasteiger charge is 2.43. The van der Waals surface area contributed by atoms with Crippen molar-refractivity contribution in [2.75, 3.05) is 13.6 Å². The number of urea groups is 1. The van der Waals surface area contributed by atoms with Crippen LogP contribution in [0.4, 0.5) is 9.18 Å². The maximum Gasteiger partial charge on any atom is 0.318 e. The van der Waals surface area contributed by atoms with Crippen molar-refractivity contribution in [1.29, 1.82) is 0 Å². The van der Waals surface area contributed by atoms with Crippen LogP contribution in [0.1, 0.15) is 76.3 Å². The number of rotatable bonds is 3. The molecule has 4 nitrogen and oxygen atoms in total. The van der Waals surface area contributed by atoms with Gasteiger partial charge in [0.1, 0.15) is 5.82 Å². The number of hydrogen-bond donors (Lipinski definition) is 2. The van der Waals surface area contributed by atoms with Crippen LogP contribution < -0.4 is 10.6 Å². The van der Waals surface area contributed by atoms with Crippen molar-refractivity contribution in [2.24, 2.45) is 5.41 Å². The summed E-state index contributed by atoms with van der Waals surface area (Å²) in [5.41, 5.74) is 4.29. The van der Waals surface area contributed by atoms with Crippen LogP contribution in [0.5, 0.6) is 0 Å². The lowest BCUT2D eigenvalue weighted by atomic mass is 9.74. The first kappa shape index (κ1) is 21.7. The quantitative estimate of drug-likeness (QED) is 0.644. The largest absolute Gasteiger partial charge is 0.335 e. The Morgan fingerprint density at radius 3 is 2.56 bits per heavy atom. The van der Waals surface area contributed by atoms with Crippen LogP contribution in [0.2, 0.25) is 0 Å². The van der Waals surface area contributed by atoms with Gasteiger partial charge in [0, 0.05) is 18.1 Å². The predicted molar refractivity (Wildman–Crippen MR) is 126 cm³/mol. The Kier molecular flexibility index (Phi) is 5.65. The SMILES string of the molecule is CN[C@]1(C)C[C@@H](NC(=O)N2CCC3=C(C=CCC4(CCCC4)C3)[C@@H]2c2ccc(F)cc2)C1. The van der Waals surface area contributed by atoms with Crippen LogP contribution in [0.3, 0.4) is 0 Å². The molecule has 0 aromatic heterocycles. The average molecular weight is 438 g/mol. The predicted octanol–water partition coefficient (Wildman–Crippen LogP) is 5.63. The average Bonchev–Trinajstić information content (AvgIpc) is 3.13. The van der Waals surface area contributed by atoms with E-state index in [0.29, 0.717) is 12.0 Å². The molecule has 5 heteroatoms. The second-order valence-corrected chi connectivity index (χ2v) is 10.8. The number of hydrogen-bond acceptors (Lipinski definition) is 2. The Morgan fingerprint density at radius 1 is 1.16 bits per heavy atom. The Balaban J connectivity index is 1.43. The summed E-state index contributed by atoms with van der Waals surface area (Å²) in [6.07, 6.45) is 15.0. The summed E-state index contributed by atoms with van der Waals surface area (Å²) >= 11 is 0. The van der Waals surface area contributed by atoms with Gasteiger partial charge in [0.25, 0.3) is 0 Å². The fourth-order valence-electron chi connectivity index (χ4n) is 6.57. The molecule has 172 valence electrons. The molecule has 1 heterocycles. The van der Waals surface area contributed by atoms with Crippen LogP contribution in [0.25, 0.3) is 0 Å². The van der Waals surface area contributed by atoms with E-state index in [1.165, 1.54) is 49.0 Å². The summed E-state index contributed by atoms with van der Waals surface area (Å²) in [7, 11) is 1.98. The van der Waals surface area contributed by atoms with E-state index in [2.05, 4.69) is 29.7 Å². The Hall–Kier alpha value is -2.14. The standard InChI is InChI=1S/C27H36FN3O/c1-26(29-2)17-22(18-26)30-25(32)31-15-11-20-16-27(12-3-4-13-27)14-5-6-23(20)24(31)19-7-9-21(28)10-8-19/h5-10,22,24,29H,3-4,11-18H2,1-2H3,(H,30,32)/t22-,24-,26-/m0/s1. The fourth-order valence-corrected chi connectivity index (χ4v) is 6.57. The lowest BCUT2D eigenvalue weighted by molar-refractivity contribution is 0.135. The number of allylic oxidation sites excluding steroid dienone is 1. The minimum Gasteiger partial charge on any atom is -0.335 e. The molecular weight excluding hydrogens is 401 g/mol. The molecule has 0 saturated heterocycles. The van der Waals surface area contributed by atoms with Gasteiger partial charge < -0.3 is 15.5 Å². The molecule has 1 spiro atoms. The zero-order valence-corrected chi connectivity index (χ0v) is 19.4. The maximum absolute atomic E-state index is 13.7. The highest BCUT2D eigenvalue weighted by Crippen LogP contribution is 2.51. The van der Waals surface area contributed by atoms with Gasteiger partial charge in [0.15, 0.2) is 0 Å². The van der Waals surface area contributed by atoms with Gasteiger partial charge in [0.05, 0.1) is 6.04 Å². The van der Waals surface area contributed by atoms with Crippen LogP contribution in [-0.2, 0) is 0 Å². The van der Waals surface area contributed by atoms with Gasteiger partial charge >= 0.3 is 6.03 Å². The summed E-state index contributed by atoms with van der Waals surface area (Å²) in [6, 6.07) is 6.79. The minimum atomic E-state index is -0.239. The molecule has 1 atom stereocenters. The molecule has 1 aliphatic heterocycles. The molecule has 2 N–H and O–H groups in total. The third kappa shape index (κ3) is 4.00. The van der Waals surface area contributed by atoms with Crippen molar-refractivity contribution in [3.8, 4) is 0 Å². The Labute approximate surface area is 191 Å². The molecule has 0 bridgehead atoms. The van der Waals surface area contributed by atoms with Crippen molar-refractivity contribution < 1.29 is 9.18 Å². The molecule has 2 fully saturated rings. The number of halogens is 1. The minimum absolute atomic E-state index is 0.00209. The first-order valence-electron chi connectivity index (χ1n) is 12.3. The van der Waals surface area contributed by atoms with E-state index in [9.17, 15) is 9.18 Å². The lowest BCUT2D eigenvalue weighted by Gasteiger charge is -2.47. The molecule has 0 radical (unpaired) electrons. The Bertz CT molecular complexity index is 923. The monoisotopic (exact) mass is 437 g/mol. The maximum atomic E-state index is 13.7. The van der Waals surface area contributed by atoms with Crippen molar-refractivity contribution in [1.82, 2.24) is 15.5 Å². The number of nitrogens with one attached hydrogen (secondary N) is 2. The van der Waals surface area contributed by atoms with E-state index in [1.54, 1.807) is 0 Å². The van der Waals surface area contributed by atoms with Crippen LogP contribution >= 0.6 is 0 Å². The van der Waals surface area contributed by atoms with E-state index in [4.69, 9.17) is 0 Å². The second-order valence-electron chi connectivity index (χ2n) is 10.8. The van der Waals surface area contributed by atoms with E-state index in [1.807, 2.05) is 24.1 Å². The van der Waals surface area contributed by atoms with E-state index < -0.39 is 0 Å². The smallest absolute Gasteiger partial charge is 0.318 e. The zero-order valence-electron chi connectivity index (χ0n) is 19.4. The van der Waals surface area contributed by atoms with Gasteiger partial charge in [0.2, 0.25) is 0 Å². The number of carbonyl (C=O) groups is 1. The van der Waals surface area contributed by atoms with Gasteiger partial charge in [-0.1, -0.05) is 42.7 Å². The third-order valence-corrected chi connectivity index (χ3v) is 8.54. The molecule has 3 aliphatic carbocycles. The van der Waals surface area contributed by atoms with Crippen molar-refractivity contribution >= 4 is 6.03 Å². The zero-order chi connectivity index (χ0) is 22.3. The lowest BCUT2D eigenvalue weighted by Crippen LogP contribution is -2.61. The highest BCUT2D eigenvalue weighted by molar-refractivity contribution is 5.76. The third-order valence-electron chi connectivity index (χ3n) is 8.54. The molecule has 2 saturated carbocycles. The van der Waals surface area contributed by atoms with Crippen LogP contribution in [-0.4, -0.2) is 36.1 Å². The summed E-state index contributed by atoms with van der Waals surface area (Å²) in [4.78, 5) is 15.4. The molecule has 4 aliphatic rings. The highest BCUT2D eigenvalue weighted by atomic mass is 19.1. The number of benzene rings is 1. The topological polar surface area (TPSA) is 44.4 Å². The Morgan fingerprint density at radius 2 is 1.88 bits per heavy atom. The van der Waals surface area contributed by atoms with E-state index in [0.717, 1.165) is 37.7 Å². The van der Waals surface area contributed by atoms with Crippen molar-refractivity contribution in [3.63, 3.8) is 0 Å². The molecule has 32 heavy (non-hydrogen) atoms.